The predicted molar refractivity (Wildman–Crippen MR) is 68.1 cm³/mol. The van der Waals surface area contributed by atoms with Crippen molar-refractivity contribution < 1.29 is 19.6 Å². The molecular weight excluding hydrogens is 268 g/mol. The molecule has 1 aliphatic heterocycles. The number of aromatic nitrogens is 1. The summed E-state index contributed by atoms with van der Waals surface area (Å²) in [5.74, 6) is 0.102. The Bertz CT molecular complexity index is 554. The lowest BCUT2D eigenvalue weighted by Crippen LogP contribution is -2.48. The third-order valence-electron chi connectivity index (χ3n) is 3.10. The van der Waals surface area contributed by atoms with Crippen molar-refractivity contribution in [2.45, 2.75) is 0 Å². The SMILES string of the molecule is O=Cc1ccnc(N2CCN(C(=O)O)CC2)c1[N+](=O)[O-]. The molecule has 1 aliphatic rings. The number of amides is 1. The van der Waals surface area contributed by atoms with Gasteiger partial charge in [0.25, 0.3) is 0 Å². The van der Waals surface area contributed by atoms with Gasteiger partial charge < -0.3 is 14.9 Å². The van der Waals surface area contributed by atoms with Gasteiger partial charge in [-0.1, -0.05) is 0 Å². The van der Waals surface area contributed by atoms with Crippen LogP contribution in [0.4, 0.5) is 16.3 Å². The minimum Gasteiger partial charge on any atom is -0.465 e. The Morgan fingerprint density at radius 3 is 2.55 bits per heavy atom. The van der Waals surface area contributed by atoms with Crippen molar-refractivity contribution in [2.75, 3.05) is 31.1 Å². The summed E-state index contributed by atoms with van der Waals surface area (Å²) in [4.78, 5) is 38.9. The first kappa shape index (κ1) is 13.7. The smallest absolute Gasteiger partial charge is 0.407 e. The molecule has 106 valence electrons. The number of nitrogens with zero attached hydrogens (tertiary/aromatic N) is 4. The summed E-state index contributed by atoms with van der Waals surface area (Å²) < 4.78 is 0. The van der Waals surface area contributed by atoms with E-state index in [9.17, 15) is 19.7 Å². The van der Waals surface area contributed by atoms with Gasteiger partial charge in [0.15, 0.2) is 6.29 Å². The van der Waals surface area contributed by atoms with Crippen LogP contribution >= 0.6 is 0 Å². The maximum absolute atomic E-state index is 11.1. The zero-order valence-electron chi connectivity index (χ0n) is 10.4. The number of hydrogen-bond donors (Lipinski definition) is 1. The fourth-order valence-electron chi connectivity index (χ4n) is 2.08. The van der Waals surface area contributed by atoms with Gasteiger partial charge in [-0.3, -0.25) is 14.9 Å². The molecule has 0 aliphatic carbocycles. The topological polar surface area (TPSA) is 117 Å². The van der Waals surface area contributed by atoms with E-state index in [0.29, 0.717) is 19.4 Å². The van der Waals surface area contributed by atoms with Crippen molar-refractivity contribution in [2.24, 2.45) is 0 Å². The Balaban J connectivity index is 2.28. The van der Waals surface area contributed by atoms with Crippen LogP contribution in [-0.2, 0) is 0 Å². The lowest BCUT2D eigenvalue weighted by Gasteiger charge is -2.33. The molecule has 1 saturated heterocycles. The molecule has 1 fully saturated rings. The molecule has 9 nitrogen and oxygen atoms in total. The first-order valence-electron chi connectivity index (χ1n) is 5.86. The number of carbonyl (C=O) groups is 2. The van der Waals surface area contributed by atoms with E-state index in [-0.39, 0.29) is 30.2 Å². The fourth-order valence-corrected chi connectivity index (χ4v) is 2.08. The van der Waals surface area contributed by atoms with E-state index in [1.165, 1.54) is 17.2 Å². The van der Waals surface area contributed by atoms with E-state index in [1.54, 1.807) is 4.90 Å². The highest BCUT2D eigenvalue weighted by atomic mass is 16.6. The molecule has 1 aromatic heterocycles. The summed E-state index contributed by atoms with van der Waals surface area (Å²) in [6.45, 7) is 1.06. The molecule has 0 saturated carbocycles. The molecule has 0 radical (unpaired) electrons. The minimum absolute atomic E-state index is 0.0411. The molecule has 2 heterocycles. The summed E-state index contributed by atoms with van der Waals surface area (Å²) >= 11 is 0. The van der Waals surface area contributed by atoms with Gasteiger partial charge in [0, 0.05) is 32.4 Å². The normalized spacial score (nSPS) is 15.0. The Morgan fingerprint density at radius 1 is 1.40 bits per heavy atom. The van der Waals surface area contributed by atoms with E-state index < -0.39 is 11.0 Å². The first-order valence-corrected chi connectivity index (χ1v) is 5.86. The number of piperazine rings is 1. The number of pyridine rings is 1. The molecule has 0 spiro atoms. The fraction of sp³-hybridized carbons (Fsp3) is 0.364. The lowest BCUT2D eigenvalue weighted by molar-refractivity contribution is -0.384. The number of carbonyl (C=O) groups excluding carboxylic acids is 1. The van der Waals surface area contributed by atoms with Gasteiger partial charge >= 0.3 is 11.8 Å². The second-order valence-corrected chi connectivity index (χ2v) is 4.20. The molecule has 0 unspecified atom stereocenters. The molecule has 1 N–H and O–H groups in total. The minimum atomic E-state index is -1.02. The van der Waals surface area contributed by atoms with Gasteiger partial charge in [-0.25, -0.2) is 9.78 Å². The highest BCUT2D eigenvalue weighted by Crippen LogP contribution is 2.29. The molecule has 2 rings (SSSR count). The Labute approximate surface area is 113 Å². The number of nitro groups is 1. The number of carboxylic acid groups (broad SMARTS) is 1. The maximum Gasteiger partial charge on any atom is 0.407 e. The molecule has 0 aromatic carbocycles. The van der Waals surface area contributed by atoms with Crippen molar-refractivity contribution in [3.8, 4) is 0 Å². The summed E-state index contributed by atoms with van der Waals surface area (Å²) in [7, 11) is 0. The van der Waals surface area contributed by atoms with Crippen molar-refractivity contribution in [1.29, 1.82) is 0 Å². The van der Waals surface area contributed by atoms with Crippen molar-refractivity contribution in [3.05, 3.63) is 27.9 Å². The Morgan fingerprint density at radius 2 is 2.05 bits per heavy atom. The van der Waals surface area contributed by atoms with Crippen LogP contribution in [0.15, 0.2) is 12.3 Å². The van der Waals surface area contributed by atoms with Gasteiger partial charge in [-0.2, -0.15) is 0 Å². The average molecular weight is 280 g/mol. The zero-order chi connectivity index (χ0) is 14.7. The van der Waals surface area contributed by atoms with Crippen LogP contribution in [0.3, 0.4) is 0 Å². The lowest BCUT2D eigenvalue weighted by atomic mass is 10.2. The highest BCUT2D eigenvalue weighted by molar-refractivity contribution is 5.85. The van der Waals surface area contributed by atoms with E-state index in [2.05, 4.69) is 4.98 Å². The van der Waals surface area contributed by atoms with Crippen molar-refractivity contribution >= 4 is 23.9 Å². The monoisotopic (exact) mass is 280 g/mol. The molecule has 1 amide bonds. The van der Waals surface area contributed by atoms with Gasteiger partial charge in [-0.15, -0.1) is 0 Å². The number of aldehydes is 1. The third-order valence-corrected chi connectivity index (χ3v) is 3.10. The number of anilines is 1. The van der Waals surface area contributed by atoms with Crippen LogP contribution in [0.2, 0.25) is 0 Å². The Hall–Kier alpha value is -2.71. The standard InChI is InChI=1S/C11H12N4O5/c16-7-8-1-2-12-10(9(8)15(19)20)13-3-5-14(6-4-13)11(17)18/h1-2,7H,3-6H2,(H,17,18). The van der Waals surface area contributed by atoms with Gasteiger partial charge in [0.2, 0.25) is 5.82 Å². The van der Waals surface area contributed by atoms with Gasteiger partial charge in [0.05, 0.1) is 10.5 Å². The van der Waals surface area contributed by atoms with Crippen LogP contribution in [0.1, 0.15) is 10.4 Å². The van der Waals surface area contributed by atoms with Gasteiger partial charge in [-0.05, 0) is 6.07 Å². The number of hydrogen-bond acceptors (Lipinski definition) is 6. The molecule has 1 aromatic rings. The summed E-state index contributed by atoms with van der Waals surface area (Å²) in [5, 5.41) is 19.9. The van der Waals surface area contributed by atoms with E-state index in [4.69, 9.17) is 5.11 Å². The average Bonchev–Trinajstić information content (AvgIpc) is 2.46. The van der Waals surface area contributed by atoms with Crippen LogP contribution in [0.5, 0.6) is 0 Å². The first-order chi connectivity index (χ1) is 9.54. The molecule has 0 atom stereocenters. The second kappa shape index (κ2) is 5.51. The second-order valence-electron chi connectivity index (χ2n) is 4.20. The summed E-state index contributed by atoms with van der Waals surface area (Å²) in [5.41, 5.74) is -0.382. The largest absolute Gasteiger partial charge is 0.465 e. The molecular formula is C11H12N4O5. The van der Waals surface area contributed by atoms with E-state index >= 15 is 0 Å². The molecule has 9 heteroatoms. The summed E-state index contributed by atoms with van der Waals surface area (Å²) in [6, 6.07) is 1.28. The highest BCUT2D eigenvalue weighted by Gasteiger charge is 2.28. The maximum atomic E-state index is 11.1. The quantitative estimate of drug-likeness (QED) is 0.489. The van der Waals surface area contributed by atoms with Crippen molar-refractivity contribution in [3.63, 3.8) is 0 Å². The zero-order valence-corrected chi connectivity index (χ0v) is 10.4. The number of rotatable bonds is 3. The Kier molecular flexibility index (Phi) is 3.78. The molecule has 0 bridgehead atoms. The third kappa shape index (κ3) is 2.51. The van der Waals surface area contributed by atoms with Crippen molar-refractivity contribution in [1.82, 2.24) is 9.88 Å². The van der Waals surface area contributed by atoms with E-state index in [0.717, 1.165) is 0 Å². The van der Waals surface area contributed by atoms with E-state index in [1.807, 2.05) is 0 Å². The van der Waals surface area contributed by atoms with Gasteiger partial charge in [0.1, 0.15) is 0 Å². The van der Waals surface area contributed by atoms with Crippen LogP contribution < -0.4 is 4.90 Å². The molecule has 20 heavy (non-hydrogen) atoms. The van der Waals surface area contributed by atoms with Crippen LogP contribution in [0, 0.1) is 10.1 Å². The van der Waals surface area contributed by atoms with Crippen LogP contribution in [0.25, 0.3) is 0 Å². The van der Waals surface area contributed by atoms with Crippen LogP contribution in [-0.4, -0.2) is 58.5 Å². The predicted octanol–water partition coefficient (Wildman–Crippen LogP) is 0.602. The summed E-state index contributed by atoms with van der Waals surface area (Å²) in [6.07, 6.45) is 0.723.